The normalized spacial score (nSPS) is 16.0. The van der Waals surface area contributed by atoms with E-state index in [2.05, 4.69) is 5.32 Å². The van der Waals surface area contributed by atoms with Gasteiger partial charge < -0.3 is 24.9 Å². The highest BCUT2D eigenvalue weighted by Crippen LogP contribution is 2.01. The Morgan fingerprint density at radius 3 is 2.29 bits per heavy atom. The van der Waals surface area contributed by atoms with Crippen molar-refractivity contribution in [3.8, 4) is 0 Å². The summed E-state index contributed by atoms with van der Waals surface area (Å²) in [6.07, 6.45) is 0.345. The molecule has 21 heavy (non-hydrogen) atoms. The van der Waals surface area contributed by atoms with Gasteiger partial charge in [0.05, 0.1) is 32.8 Å². The fourth-order valence-electron chi connectivity index (χ4n) is 1.88. The van der Waals surface area contributed by atoms with E-state index in [0.717, 1.165) is 0 Å². The first-order valence-corrected chi connectivity index (χ1v) is 7.21. The van der Waals surface area contributed by atoms with Crippen LogP contribution in [0.3, 0.4) is 0 Å². The van der Waals surface area contributed by atoms with Crippen molar-refractivity contribution in [2.45, 2.75) is 13.3 Å². The van der Waals surface area contributed by atoms with E-state index in [9.17, 15) is 14.8 Å². The Kier molecular flexibility index (Phi) is 8.91. The molecule has 0 saturated carbocycles. The zero-order valence-corrected chi connectivity index (χ0v) is 12.5. The summed E-state index contributed by atoms with van der Waals surface area (Å²) >= 11 is 0. The molecule has 0 aromatic heterocycles. The molecule has 1 aliphatic rings. The molecular weight excluding hydrogens is 278 g/mol. The lowest BCUT2D eigenvalue weighted by atomic mass is 10.3. The third-order valence-electron chi connectivity index (χ3n) is 3.06. The molecule has 1 rings (SSSR count). The summed E-state index contributed by atoms with van der Waals surface area (Å²) < 4.78 is 10.6. The maximum absolute atomic E-state index is 11.8. The molecule has 0 bridgehead atoms. The van der Waals surface area contributed by atoms with E-state index in [-0.39, 0.29) is 11.8 Å². The molecule has 8 heteroatoms. The third-order valence-corrected chi connectivity index (χ3v) is 3.06. The van der Waals surface area contributed by atoms with E-state index >= 15 is 0 Å². The average molecular weight is 303 g/mol. The molecule has 1 heterocycles. The van der Waals surface area contributed by atoms with Crippen molar-refractivity contribution >= 4 is 11.8 Å². The van der Waals surface area contributed by atoms with Crippen molar-refractivity contribution in [1.82, 2.24) is 15.3 Å². The average Bonchev–Trinajstić information content (AvgIpc) is 2.45. The molecule has 1 fully saturated rings. The van der Waals surface area contributed by atoms with Crippen LogP contribution in [0.4, 0.5) is 0 Å². The Hall–Kier alpha value is -1.22. The molecule has 1 saturated heterocycles. The molecule has 1 aliphatic heterocycles. The van der Waals surface area contributed by atoms with Crippen LogP contribution in [-0.4, -0.2) is 86.1 Å². The maximum Gasteiger partial charge on any atom is 0.224 e. The van der Waals surface area contributed by atoms with Crippen LogP contribution in [0.2, 0.25) is 0 Å². The number of ether oxygens (including phenoxy) is 2. The summed E-state index contributed by atoms with van der Waals surface area (Å²) in [5.74, 6) is -0.0231. The van der Waals surface area contributed by atoms with E-state index in [4.69, 9.17) is 9.47 Å². The fraction of sp³-hybridized carbons (Fsp3) is 0.846. The minimum atomic E-state index is -0.0737. The van der Waals surface area contributed by atoms with Crippen molar-refractivity contribution in [3.63, 3.8) is 0 Å². The molecule has 0 aliphatic carbocycles. The molecule has 0 atom stereocenters. The second-order valence-corrected chi connectivity index (χ2v) is 4.79. The van der Waals surface area contributed by atoms with E-state index < -0.39 is 0 Å². The van der Waals surface area contributed by atoms with E-state index in [0.29, 0.717) is 65.6 Å². The Balaban J connectivity index is 1.89. The summed E-state index contributed by atoms with van der Waals surface area (Å²) in [5.41, 5.74) is 0. The molecule has 0 radical (unpaired) electrons. The number of carbonyl (C=O) groups excluding carboxylic acids is 2. The molecule has 8 nitrogen and oxygen atoms in total. The molecular formula is C13H25N3O5. The van der Waals surface area contributed by atoms with Crippen molar-refractivity contribution in [1.29, 1.82) is 0 Å². The SMILES string of the molecule is CC(=O)NCCOCCOCCC(=O)N1CCN(O)CC1. The van der Waals surface area contributed by atoms with Gasteiger partial charge in [-0.05, 0) is 0 Å². The molecule has 2 N–H and O–H groups in total. The summed E-state index contributed by atoms with van der Waals surface area (Å²) in [6.45, 7) is 5.74. The van der Waals surface area contributed by atoms with Crippen LogP contribution < -0.4 is 5.32 Å². The summed E-state index contributed by atoms with van der Waals surface area (Å²) in [6, 6.07) is 0. The second kappa shape index (κ2) is 10.5. The zero-order valence-electron chi connectivity index (χ0n) is 12.5. The van der Waals surface area contributed by atoms with Crippen LogP contribution in [-0.2, 0) is 19.1 Å². The smallest absolute Gasteiger partial charge is 0.224 e. The van der Waals surface area contributed by atoms with Crippen LogP contribution in [0.5, 0.6) is 0 Å². The number of hydrogen-bond donors (Lipinski definition) is 2. The largest absolute Gasteiger partial charge is 0.379 e. The third kappa shape index (κ3) is 8.61. The van der Waals surface area contributed by atoms with Crippen LogP contribution in [0.15, 0.2) is 0 Å². The van der Waals surface area contributed by atoms with E-state index in [1.54, 1.807) is 4.90 Å². The lowest BCUT2D eigenvalue weighted by Gasteiger charge is -2.31. The number of nitrogens with one attached hydrogen (secondary N) is 1. The number of piperazine rings is 1. The summed E-state index contributed by atoms with van der Waals surface area (Å²) in [7, 11) is 0. The molecule has 0 aromatic carbocycles. The van der Waals surface area contributed by atoms with Gasteiger partial charge in [0.25, 0.3) is 0 Å². The molecule has 0 aromatic rings. The van der Waals surface area contributed by atoms with Gasteiger partial charge in [-0.2, -0.15) is 5.06 Å². The maximum atomic E-state index is 11.8. The van der Waals surface area contributed by atoms with Gasteiger partial charge in [0.2, 0.25) is 11.8 Å². The zero-order chi connectivity index (χ0) is 15.5. The minimum absolute atomic E-state index is 0.0506. The number of carbonyl (C=O) groups is 2. The lowest BCUT2D eigenvalue weighted by molar-refractivity contribution is -0.147. The van der Waals surface area contributed by atoms with Crippen LogP contribution >= 0.6 is 0 Å². The highest BCUT2D eigenvalue weighted by atomic mass is 16.5. The fourth-order valence-corrected chi connectivity index (χ4v) is 1.88. The standard InChI is InChI=1S/C13H25N3O5/c1-12(17)14-3-9-21-11-10-20-8-2-13(18)15-4-6-16(19)7-5-15/h19H,2-11H2,1H3,(H,14,17). The summed E-state index contributed by atoms with van der Waals surface area (Å²) in [4.78, 5) is 24.1. The van der Waals surface area contributed by atoms with E-state index in [1.807, 2.05) is 0 Å². The van der Waals surface area contributed by atoms with E-state index in [1.165, 1.54) is 12.0 Å². The van der Waals surface area contributed by atoms with Gasteiger partial charge >= 0.3 is 0 Å². The lowest BCUT2D eigenvalue weighted by Crippen LogP contribution is -2.47. The van der Waals surface area contributed by atoms with Crippen LogP contribution in [0.25, 0.3) is 0 Å². The predicted molar refractivity (Wildman–Crippen MR) is 74.9 cm³/mol. The molecule has 0 spiro atoms. The minimum Gasteiger partial charge on any atom is -0.379 e. The Morgan fingerprint density at radius 1 is 1.05 bits per heavy atom. The van der Waals surface area contributed by atoms with Crippen molar-refractivity contribution < 1.29 is 24.3 Å². The van der Waals surface area contributed by atoms with Crippen molar-refractivity contribution in [2.75, 3.05) is 59.2 Å². The Labute approximate surface area is 124 Å². The van der Waals surface area contributed by atoms with Crippen molar-refractivity contribution in [2.24, 2.45) is 0 Å². The highest BCUT2D eigenvalue weighted by Gasteiger charge is 2.19. The van der Waals surface area contributed by atoms with Gasteiger partial charge in [0.1, 0.15) is 0 Å². The second-order valence-electron chi connectivity index (χ2n) is 4.79. The molecule has 122 valence electrons. The Morgan fingerprint density at radius 2 is 1.67 bits per heavy atom. The number of amides is 2. The quantitative estimate of drug-likeness (QED) is 0.535. The number of nitrogens with zero attached hydrogens (tertiary/aromatic N) is 2. The van der Waals surface area contributed by atoms with Gasteiger partial charge in [-0.15, -0.1) is 0 Å². The molecule has 2 amide bonds. The van der Waals surface area contributed by atoms with Gasteiger partial charge in [0.15, 0.2) is 0 Å². The number of rotatable bonds is 9. The topological polar surface area (TPSA) is 91.3 Å². The monoisotopic (exact) mass is 303 g/mol. The first-order valence-electron chi connectivity index (χ1n) is 7.21. The van der Waals surface area contributed by atoms with Gasteiger partial charge in [-0.3, -0.25) is 9.59 Å². The molecule has 0 unspecified atom stereocenters. The first-order chi connectivity index (χ1) is 10.1. The van der Waals surface area contributed by atoms with Crippen LogP contribution in [0, 0.1) is 0 Å². The Bertz CT molecular complexity index is 319. The highest BCUT2D eigenvalue weighted by molar-refractivity contribution is 5.76. The van der Waals surface area contributed by atoms with Crippen LogP contribution in [0.1, 0.15) is 13.3 Å². The first kappa shape index (κ1) is 17.8. The van der Waals surface area contributed by atoms with Gasteiger partial charge in [-0.25, -0.2) is 0 Å². The predicted octanol–water partition coefficient (Wildman–Crippen LogP) is -0.921. The number of hydroxylamine groups is 2. The van der Waals surface area contributed by atoms with Gasteiger partial charge in [-0.1, -0.05) is 0 Å². The van der Waals surface area contributed by atoms with Gasteiger partial charge in [0, 0.05) is 39.6 Å². The number of hydrogen-bond acceptors (Lipinski definition) is 6. The van der Waals surface area contributed by atoms with Crippen molar-refractivity contribution in [3.05, 3.63) is 0 Å². The summed E-state index contributed by atoms with van der Waals surface area (Å²) in [5, 5.41) is 13.1.